The number of para-hydroxylation sites is 1. The minimum absolute atomic E-state index is 0.518. The first-order valence-electron chi connectivity index (χ1n) is 6.86. The molecule has 2 heterocycles. The number of nitrogen functional groups attached to an aromatic ring is 1. The molecule has 0 saturated carbocycles. The van der Waals surface area contributed by atoms with Crippen LogP contribution in [0.4, 0.5) is 5.82 Å². The van der Waals surface area contributed by atoms with Gasteiger partial charge >= 0.3 is 0 Å². The molecule has 3 rings (SSSR count). The van der Waals surface area contributed by atoms with E-state index >= 15 is 0 Å². The maximum atomic E-state index is 6.14. The van der Waals surface area contributed by atoms with Gasteiger partial charge in [-0.2, -0.15) is 5.10 Å². The summed E-state index contributed by atoms with van der Waals surface area (Å²) in [5, 5.41) is 5.61. The number of aryl methyl sites for hydroxylation is 1. The summed E-state index contributed by atoms with van der Waals surface area (Å²) in [6.07, 6.45) is 0.895. The summed E-state index contributed by atoms with van der Waals surface area (Å²) >= 11 is 0. The third-order valence-electron chi connectivity index (χ3n) is 3.46. The molecule has 3 aromatic rings. The average molecular weight is 269 g/mol. The Kier molecular flexibility index (Phi) is 3.01. The fraction of sp³-hybridized carbons (Fsp3) is 0.312. The van der Waals surface area contributed by atoms with Crippen molar-refractivity contribution in [1.29, 1.82) is 0 Å². The molecule has 0 atom stereocenters. The number of hydrogen-bond acceptors (Lipinski definition) is 3. The van der Waals surface area contributed by atoms with Gasteiger partial charge in [-0.05, 0) is 24.5 Å². The van der Waals surface area contributed by atoms with Gasteiger partial charge < -0.3 is 10.2 Å². The van der Waals surface area contributed by atoms with Crippen molar-refractivity contribution in [3.05, 3.63) is 35.9 Å². The van der Waals surface area contributed by atoms with Gasteiger partial charge in [0.2, 0.25) is 0 Å². The molecule has 2 N–H and O–H groups in total. The number of furan rings is 1. The molecule has 0 aliphatic heterocycles. The highest BCUT2D eigenvalue weighted by Crippen LogP contribution is 2.32. The molecule has 0 fully saturated rings. The Labute approximate surface area is 118 Å². The quantitative estimate of drug-likeness (QED) is 0.790. The molecule has 0 aliphatic rings. The second-order valence-electron chi connectivity index (χ2n) is 5.58. The van der Waals surface area contributed by atoms with E-state index in [-0.39, 0.29) is 0 Å². The zero-order valence-corrected chi connectivity index (χ0v) is 12.1. The number of anilines is 1. The van der Waals surface area contributed by atoms with E-state index in [0.29, 0.717) is 11.7 Å². The average Bonchev–Trinajstić information content (AvgIpc) is 2.94. The van der Waals surface area contributed by atoms with Gasteiger partial charge in [0.05, 0.1) is 0 Å². The number of benzene rings is 1. The van der Waals surface area contributed by atoms with Crippen LogP contribution in [0.1, 0.15) is 19.4 Å². The first kappa shape index (κ1) is 12.8. The molecular weight excluding hydrogens is 250 g/mol. The highest BCUT2D eigenvalue weighted by Gasteiger charge is 2.19. The van der Waals surface area contributed by atoms with Crippen molar-refractivity contribution in [2.24, 2.45) is 13.0 Å². The predicted molar refractivity (Wildman–Crippen MR) is 81.4 cm³/mol. The molecule has 0 amide bonds. The van der Waals surface area contributed by atoms with Crippen LogP contribution in [0.2, 0.25) is 0 Å². The molecule has 4 nitrogen and oxygen atoms in total. The molecule has 0 bridgehead atoms. The molecule has 0 spiro atoms. The Hall–Kier alpha value is -2.23. The SMILES string of the molecule is CC(C)Cc1c(-c2cc3ccccc3o2)nn(C)c1N. The highest BCUT2D eigenvalue weighted by atomic mass is 16.3. The molecule has 0 saturated heterocycles. The second kappa shape index (κ2) is 4.71. The topological polar surface area (TPSA) is 57.0 Å². The smallest absolute Gasteiger partial charge is 0.156 e. The first-order valence-corrected chi connectivity index (χ1v) is 6.86. The summed E-state index contributed by atoms with van der Waals surface area (Å²) < 4.78 is 7.64. The van der Waals surface area contributed by atoms with Crippen LogP contribution in [-0.4, -0.2) is 9.78 Å². The molecule has 0 unspecified atom stereocenters. The van der Waals surface area contributed by atoms with E-state index in [1.807, 2.05) is 37.4 Å². The summed E-state index contributed by atoms with van der Waals surface area (Å²) in [5.41, 5.74) is 8.95. The second-order valence-corrected chi connectivity index (χ2v) is 5.58. The fourth-order valence-corrected chi connectivity index (χ4v) is 2.49. The number of nitrogens with two attached hydrogens (primary N) is 1. The van der Waals surface area contributed by atoms with Crippen LogP contribution in [0, 0.1) is 5.92 Å². The minimum atomic E-state index is 0.518. The molecule has 4 heteroatoms. The molecule has 2 aromatic heterocycles. The highest BCUT2D eigenvalue weighted by molar-refractivity contribution is 5.83. The molecule has 1 aromatic carbocycles. The summed E-state index contributed by atoms with van der Waals surface area (Å²) in [6, 6.07) is 10.0. The lowest BCUT2D eigenvalue weighted by atomic mass is 10.0. The van der Waals surface area contributed by atoms with Gasteiger partial charge in [-0.25, -0.2) is 0 Å². The Morgan fingerprint density at radius 2 is 2.05 bits per heavy atom. The van der Waals surface area contributed by atoms with E-state index in [0.717, 1.165) is 34.4 Å². The lowest BCUT2D eigenvalue weighted by Gasteiger charge is -2.05. The fourth-order valence-electron chi connectivity index (χ4n) is 2.49. The van der Waals surface area contributed by atoms with Crippen molar-refractivity contribution >= 4 is 16.8 Å². The van der Waals surface area contributed by atoms with E-state index in [1.165, 1.54) is 0 Å². The zero-order valence-electron chi connectivity index (χ0n) is 12.1. The van der Waals surface area contributed by atoms with Crippen LogP contribution in [0.15, 0.2) is 34.7 Å². The number of rotatable bonds is 3. The van der Waals surface area contributed by atoms with Gasteiger partial charge in [0.25, 0.3) is 0 Å². The van der Waals surface area contributed by atoms with Crippen molar-refractivity contribution in [1.82, 2.24) is 9.78 Å². The summed E-state index contributed by atoms with van der Waals surface area (Å²) in [6.45, 7) is 4.35. The Bertz CT molecular complexity index is 719. The van der Waals surface area contributed by atoms with Crippen LogP contribution < -0.4 is 5.73 Å². The maximum Gasteiger partial charge on any atom is 0.156 e. The molecule has 104 valence electrons. The van der Waals surface area contributed by atoms with Crippen molar-refractivity contribution in [3.8, 4) is 11.5 Å². The Balaban J connectivity index is 2.15. The number of hydrogen-bond donors (Lipinski definition) is 1. The van der Waals surface area contributed by atoms with Gasteiger partial charge in [0.15, 0.2) is 5.76 Å². The van der Waals surface area contributed by atoms with Gasteiger partial charge in [0, 0.05) is 18.0 Å². The zero-order chi connectivity index (χ0) is 14.3. The Morgan fingerprint density at radius 1 is 1.30 bits per heavy atom. The van der Waals surface area contributed by atoms with Gasteiger partial charge in [0.1, 0.15) is 17.1 Å². The number of fused-ring (bicyclic) bond motifs is 1. The van der Waals surface area contributed by atoms with Crippen molar-refractivity contribution in [3.63, 3.8) is 0 Å². The molecule has 0 radical (unpaired) electrons. The van der Waals surface area contributed by atoms with E-state index in [2.05, 4.69) is 18.9 Å². The van der Waals surface area contributed by atoms with E-state index in [9.17, 15) is 0 Å². The molecule has 20 heavy (non-hydrogen) atoms. The summed E-state index contributed by atoms with van der Waals surface area (Å²) in [5.74, 6) is 2.02. The monoisotopic (exact) mass is 269 g/mol. The lowest BCUT2D eigenvalue weighted by molar-refractivity contribution is 0.619. The first-order chi connectivity index (χ1) is 9.56. The maximum absolute atomic E-state index is 6.14. The van der Waals surface area contributed by atoms with Crippen LogP contribution in [0.25, 0.3) is 22.4 Å². The van der Waals surface area contributed by atoms with E-state index < -0.39 is 0 Å². The normalized spacial score (nSPS) is 11.6. The van der Waals surface area contributed by atoms with Gasteiger partial charge in [-0.3, -0.25) is 4.68 Å². The van der Waals surface area contributed by atoms with Crippen molar-refractivity contribution in [2.45, 2.75) is 20.3 Å². The third-order valence-corrected chi connectivity index (χ3v) is 3.46. The minimum Gasteiger partial charge on any atom is -0.454 e. The third kappa shape index (κ3) is 2.07. The summed E-state index contributed by atoms with van der Waals surface area (Å²) in [7, 11) is 1.87. The van der Waals surface area contributed by atoms with Crippen molar-refractivity contribution < 1.29 is 4.42 Å². The van der Waals surface area contributed by atoms with Gasteiger partial charge in [-0.1, -0.05) is 32.0 Å². The van der Waals surface area contributed by atoms with Crippen LogP contribution in [0.5, 0.6) is 0 Å². The predicted octanol–water partition coefficient (Wildman–Crippen LogP) is 3.61. The standard InChI is InChI=1S/C16H19N3O/c1-10(2)8-12-15(18-19(3)16(12)17)14-9-11-6-4-5-7-13(11)20-14/h4-7,9-10H,8,17H2,1-3H3. The van der Waals surface area contributed by atoms with E-state index in [1.54, 1.807) is 4.68 Å². The van der Waals surface area contributed by atoms with Crippen molar-refractivity contribution in [2.75, 3.05) is 5.73 Å². The largest absolute Gasteiger partial charge is 0.454 e. The lowest BCUT2D eigenvalue weighted by Crippen LogP contribution is -2.01. The molecule has 0 aliphatic carbocycles. The number of nitrogens with zero attached hydrogens (tertiary/aromatic N) is 2. The van der Waals surface area contributed by atoms with E-state index in [4.69, 9.17) is 10.2 Å². The summed E-state index contributed by atoms with van der Waals surface area (Å²) in [4.78, 5) is 0. The van der Waals surface area contributed by atoms with Crippen LogP contribution >= 0.6 is 0 Å². The molecular formula is C16H19N3O. The van der Waals surface area contributed by atoms with Crippen LogP contribution in [0.3, 0.4) is 0 Å². The number of aromatic nitrogens is 2. The van der Waals surface area contributed by atoms with Gasteiger partial charge in [-0.15, -0.1) is 0 Å². The Morgan fingerprint density at radius 3 is 2.75 bits per heavy atom. The van der Waals surface area contributed by atoms with Crippen LogP contribution in [-0.2, 0) is 13.5 Å².